The Bertz CT molecular complexity index is 1840. The van der Waals surface area contributed by atoms with Gasteiger partial charge < -0.3 is 23.7 Å². The first-order valence-electron chi connectivity index (χ1n) is 16.8. The van der Waals surface area contributed by atoms with Gasteiger partial charge in [0, 0.05) is 54.4 Å². The summed E-state index contributed by atoms with van der Waals surface area (Å²) >= 11 is 0. The second kappa shape index (κ2) is 12.4. The van der Waals surface area contributed by atoms with E-state index < -0.39 is 64.2 Å². The second-order valence-corrected chi connectivity index (χ2v) is 14.3. The van der Waals surface area contributed by atoms with E-state index >= 15 is 0 Å². The van der Waals surface area contributed by atoms with Crippen LogP contribution in [0.3, 0.4) is 0 Å². The number of carbonyl (C=O) groups excluding carboxylic acids is 4. The van der Waals surface area contributed by atoms with Gasteiger partial charge in [0.15, 0.2) is 12.2 Å². The molecule has 1 spiro atoms. The van der Waals surface area contributed by atoms with Crippen molar-refractivity contribution in [2.24, 2.45) is 16.7 Å². The normalized spacial score (nSPS) is 34.4. The molecule has 12 heteroatoms. The number of nitrogens with zero attached hydrogens (tertiary/aromatic N) is 3. The van der Waals surface area contributed by atoms with Crippen LogP contribution in [0.2, 0.25) is 0 Å². The molecule has 2 saturated heterocycles. The average Bonchev–Trinajstić information content (AvgIpc) is 3.48. The summed E-state index contributed by atoms with van der Waals surface area (Å²) < 4.78 is 32.1. The van der Waals surface area contributed by atoms with Gasteiger partial charge in [-0.3, -0.25) is 19.7 Å². The molecule has 12 nitrogen and oxygen atoms in total. The maximum atomic E-state index is 14.0. The number of cyclic esters (lactones) is 1. The van der Waals surface area contributed by atoms with Crippen LogP contribution in [0.4, 0.5) is 0 Å². The van der Waals surface area contributed by atoms with Crippen molar-refractivity contribution in [3.8, 4) is 0 Å². The molecule has 0 bridgehead atoms. The number of rotatable bonds is 6. The summed E-state index contributed by atoms with van der Waals surface area (Å²) in [7, 11) is 0. The van der Waals surface area contributed by atoms with Gasteiger partial charge in [0.2, 0.25) is 0 Å². The van der Waals surface area contributed by atoms with E-state index in [0.717, 1.165) is 5.57 Å². The molecule has 0 aromatic carbocycles. The van der Waals surface area contributed by atoms with E-state index in [-0.39, 0.29) is 42.1 Å². The Hall–Kier alpha value is -4.97. The van der Waals surface area contributed by atoms with Gasteiger partial charge >= 0.3 is 23.9 Å². The largest absolute Gasteiger partial charge is 0.462 e. The lowest BCUT2D eigenvalue weighted by molar-refractivity contribution is -0.360. The highest BCUT2D eigenvalue weighted by Crippen LogP contribution is 2.69. The monoisotopic (exact) mass is 681 g/mol. The topological polar surface area (TPSA) is 153 Å². The van der Waals surface area contributed by atoms with Crippen molar-refractivity contribution >= 4 is 23.9 Å². The zero-order valence-electron chi connectivity index (χ0n) is 28.4. The molecule has 5 heterocycles. The van der Waals surface area contributed by atoms with Crippen molar-refractivity contribution in [3.05, 3.63) is 102 Å². The maximum Gasteiger partial charge on any atom is 0.340 e. The van der Waals surface area contributed by atoms with Crippen molar-refractivity contribution < 1.29 is 42.9 Å². The van der Waals surface area contributed by atoms with E-state index in [0.29, 0.717) is 12.8 Å². The van der Waals surface area contributed by atoms with Gasteiger partial charge in [-0.25, -0.2) is 14.4 Å². The third-order valence-electron chi connectivity index (χ3n) is 11.7. The van der Waals surface area contributed by atoms with Gasteiger partial charge in [0.1, 0.15) is 23.9 Å². The van der Waals surface area contributed by atoms with Crippen LogP contribution in [0.15, 0.2) is 85.2 Å². The molecular formula is C38H39N3O9. The van der Waals surface area contributed by atoms with Gasteiger partial charge in [0.25, 0.3) is 0 Å². The first-order chi connectivity index (χ1) is 23.9. The lowest BCUT2D eigenvalue weighted by Gasteiger charge is -2.70. The fourth-order valence-corrected chi connectivity index (χ4v) is 8.93. The van der Waals surface area contributed by atoms with E-state index in [9.17, 15) is 19.2 Å². The quantitative estimate of drug-likeness (QED) is 0.193. The Labute approximate surface area is 289 Å². The molecule has 0 N–H and O–H groups in total. The van der Waals surface area contributed by atoms with Gasteiger partial charge in [-0.05, 0) is 69.0 Å². The van der Waals surface area contributed by atoms with Crippen molar-refractivity contribution in [2.75, 3.05) is 6.61 Å². The fourth-order valence-electron chi connectivity index (χ4n) is 8.93. The number of carbonyl (C=O) groups is 4. The van der Waals surface area contributed by atoms with E-state index in [1.165, 1.54) is 18.6 Å². The molecule has 0 unspecified atom stereocenters. The number of allylic oxidation sites excluding steroid dienone is 1. The first-order valence-corrected chi connectivity index (χ1v) is 16.8. The number of pyridine rings is 3. The Kier molecular flexibility index (Phi) is 8.32. The average molecular weight is 682 g/mol. The minimum absolute atomic E-state index is 0.0945. The molecule has 2 aliphatic carbocycles. The predicted molar refractivity (Wildman–Crippen MR) is 175 cm³/mol. The molecule has 0 radical (unpaired) electrons. The van der Waals surface area contributed by atoms with Crippen LogP contribution in [-0.4, -0.2) is 75.0 Å². The molecule has 3 aromatic heterocycles. The summed E-state index contributed by atoms with van der Waals surface area (Å²) in [6, 6.07) is 9.72. The van der Waals surface area contributed by atoms with Gasteiger partial charge in [-0.2, -0.15) is 0 Å². The highest BCUT2D eigenvalue weighted by Gasteiger charge is 2.78. The Morgan fingerprint density at radius 1 is 0.800 bits per heavy atom. The summed E-state index contributed by atoms with van der Waals surface area (Å²) in [5.74, 6) is -2.74. The van der Waals surface area contributed by atoms with Gasteiger partial charge in [0.05, 0.1) is 23.1 Å². The van der Waals surface area contributed by atoms with E-state index in [1.807, 2.05) is 20.8 Å². The van der Waals surface area contributed by atoms with Crippen LogP contribution in [0, 0.1) is 16.7 Å². The highest BCUT2D eigenvalue weighted by molar-refractivity contribution is 5.90. The van der Waals surface area contributed by atoms with Crippen LogP contribution in [-0.2, 0) is 28.5 Å². The number of ether oxygens (including phenoxy) is 5. The molecule has 1 saturated carbocycles. The van der Waals surface area contributed by atoms with Gasteiger partial charge in [-0.15, -0.1) is 0 Å². The Balaban J connectivity index is 1.42. The van der Waals surface area contributed by atoms with Crippen LogP contribution in [0.1, 0.15) is 84.5 Å². The highest BCUT2D eigenvalue weighted by atomic mass is 16.6. The molecule has 3 fully saturated rings. The molecule has 260 valence electrons. The first kappa shape index (κ1) is 33.5. The molecule has 0 amide bonds. The summed E-state index contributed by atoms with van der Waals surface area (Å²) in [6.07, 6.45) is 9.19. The van der Waals surface area contributed by atoms with Crippen LogP contribution in [0.5, 0.6) is 0 Å². The van der Waals surface area contributed by atoms with Crippen molar-refractivity contribution in [1.29, 1.82) is 0 Å². The minimum atomic E-state index is -1.50. The summed E-state index contributed by atoms with van der Waals surface area (Å²) in [6.45, 7) is 7.69. The summed E-state index contributed by atoms with van der Waals surface area (Å²) in [5.41, 5.74) is -3.13. The fraction of sp³-hybridized carbons (Fsp3) is 0.447. The molecule has 2 aliphatic heterocycles. The van der Waals surface area contributed by atoms with Crippen molar-refractivity contribution in [2.45, 2.75) is 82.9 Å². The molecule has 8 atom stereocenters. The number of hydrogen-bond donors (Lipinski definition) is 0. The maximum absolute atomic E-state index is 14.0. The smallest absolute Gasteiger partial charge is 0.340 e. The van der Waals surface area contributed by atoms with Crippen molar-refractivity contribution in [3.63, 3.8) is 0 Å². The Morgan fingerprint density at radius 3 is 1.84 bits per heavy atom. The zero-order chi connectivity index (χ0) is 35.3. The number of hydrogen-bond acceptors (Lipinski definition) is 12. The predicted octanol–water partition coefficient (Wildman–Crippen LogP) is 5.10. The molecule has 4 aliphatic rings. The zero-order valence-corrected chi connectivity index (χ0v) is 28.4. The summed E-state index contributed by atoms with van der Waals surface area (Å²) in [4.78, 5) is 66.9. The molecule has 50 heavy (non-hydrogen) atoms. The van der Waals surface area contributed by atoms with Crippen molar-refractivity contribution in [1.82, 2.24) is 15.0 Å². The minimum Gasteiger partial charge on any atom is -0.462 e. The lowest BCUT2D eigenvalue weighted by atomic mass is 9.41. The lowest BCUT2D eigenvalue weighted by Crippen LogP contribution is -2.80. The number of aromatic nitrogens is 3. The van der Waals surface area contributed by atoms with E-state index in [1.54, 1.807) is 61.9 Å². The molecular weight excluding hydrogens is 642 g/mol. The third kappa shape index (κ3) is 5.28. The number of fused-ring (bicyclic) bond motifs is 3. The molecule has 3 aromatic rings. The van der Waals surface area contributed by atoms with Crippen LogP contribution < -0.4 is 0 Å². The standard InChI is InChI=1S/C38H39N3O9/c1-23-9-5-13-27-35(23,2)30(48-33(44)25-11-7-15-40-20-25)31(49-34(45)26-12-8-16-41-21-26)37(4)36(27,3)28(17-38(50-37)18-29(42)46-22-38)47-32(43)24-10-6-14-39-19-24/h6-12,14-16,19-21,27-28,30-31H,5,13,17-18,22H2,1-4H3/t27-,28-,30-,31-,35-,36-,37-,38+/m0/s1. The van der Waals surface area contributed by atoms with Crippen LogP contribution in [0.25, 0.3) is 0 Å². The Morgan fingerprint density at radius 2 is 1.34 bits per heavy atom. The number of esters is 4. The van der Waals surface area contributed by atoms with Gasteiger partial charge in [-0.1, -0.05) is 25.5 Å². The third-order valence-corrected chi connectivity index (χ3v) is 11.7. The van der Waals surface area contributed by atoms with Crippen LogP contribution >= 0.6 is 0 Å². The van der Waals surface area contributed by atoms with E-state index in [2.05, 4.69) is 21.0 Å². The SMILES string of the molecule is CC1=CCC[C@H]2[C@@]1(C)[C@@H](OC(=O)c1cccnc1)[C@H](OC(=O)c1cccnc1)[C@]1(C)O[C@]3(COC(=O)C3)C[C@H](OC(=O)c3cccnc3)[C@]21C. The molecule has 7 rings (SSSR count). The summed E-state index contributed by atoms with van der Waals surface area (Å²) in [5, 5.41) is 0. The van der Waals surface area contributed by atoms with E-state index in [4.69, 9.17) is 23.7 Å². The second-order valence-electron chi connectivity index (χ2n) is 14.3.